The fraction of sp³-hybridized carbons (Fsp3) is 0.176. The van der Waals surface area contributed by atoms with Gasteiger partial charge in [0.15, 0.2) is 0 Å². The number of aromatic nitrogens is 2. The first-order valence-electron chi connectivity index (χ1n) is 12.9. The zero-order chi connectivity index (χ0) is 26.9. The van der Waals surface area contributed by atoms with Gasteiger partial charge in [0.1, 0.15) is 5.58 Å². The Balaban J connectivity index is 0.000000213. The molecular formula is C34H32IrN2OSi-2. The molecule has 0 fully saturated rings. The van der Waals surface area contributed by atoms with Gasteiger partial charge < -0.3 is 14.4 Å². The number of para-hydroxylation sites is 1. The summed E-state index contributed by atoms with van der Waals surface area (Å²) in [5.74, 6) is 0. The van der Waals surface area contributed by atoms with Crippen molar-refractivity contribution in [1.29, 1.82) is 0 Å². The van der Waals surface area contributed by atoms with Crippen LogP contribution in [0.2, 0.25) is 19.6 Å². The molecule has 0 aliphatic rings. The quantitative estimate of drug-likeness (QED) is 0.137. The minimum absolute atomic E-state index is 0. The van der Waals surface area contributed by atoms with Crippen LogP contribution in [0, 0.1) is 32.9 Å². The maximum atomic E-state index is 6.32. The minimum Gasteiger partial charge on any atom is -0.501 e. The molecule has 0 saturated heterocycles. The summed E-state index contributed by atoms with van der Waals surface area (Å²) >= 11 is 0. The van der Waals surface area contributed by atoms with Crippen LogP contribution in [0.1, 0.15) is 16.7 Å². The zero-order valence-corrected chi connectivity index (χ0v) is 26.6. The average Bonchev–Trinajstić information content (AvgIpc) is 3.30. The van der Waals surface area contributed by atoms with E-state index in [0.29, 0.717) is 0 Å². The van der Waals surface area contributed by atoms with E-state index >= 15 is 0 Å². The molecule has 3 aromatic carbocycles. The molecule has 3 aromatic heterocycles. The third kappa shape index (κ3) is 5.96. The van der Waals surface area contributed by atoms with E-state index in [9.17, 15) is 0 Å². The van der Waals surface area contributed by atoms with Crippen molar-refractivity contribution in [3.63, 3.8) is 0 Å². The van der Waals surface area contributed by atoms with E-state index in [4.69, 9.17) is 4.42 Å². The van der Waals surface area contributed by atoms with Crippen LogP contribution in [0.5, 0.6) is 0 Å². The van der Waals surface area contributed by atoms with Gasteiger partial charge in [-0.25, -0.2) is 0 Å². The monoisotopic (exact) mass is 705 g/mol. The van der Waals surface area contributed by atoms with Gasteiger partial charge in [0, 0.05) is 46.0 Å². The van der Waals surface area contributed by atoms with Crippen LogP contribution in [0.4, 0.5) is 0 Å². The van der Waals surface area contributed by atoms with Gasteiger partial charge in [0.2, 0.25) is 0 Å². The summed E-state index contributed by atoms with van der Waals surface area (Å²) in [6.45, 7) is 13.4. The molecule has 0 spiro atoms. The Labute approximate surface area is 245 Å². The fourth-order valence-corrected chi connectivity index (χ4v) is 6.16. The molecule has 0 atom stereocenters. The Morgan fingerprint density at radius 3 is 2.28 bits per heavy atom. The summed E-state index contributed by atoms with van der Waals surface area (Å²) < 4.78 is 6.32. The van der Waals surface area contributed by atoms with Crippen LogP contribution in [-0.2, 0) is 20.1 Å². The Morgan fingerprint density at radius 2 is 1.56 bits per heavy atom. The SMILES string of the molecule is Cc1ccnc(-c2[c-]cc([Si](C)(C)C)c3c2oc2ccccc23)c1C.Cc1ccnc(-c2[c-]cccc2)c1.[Ir]. The Kier molecular flexibility index (Phi) is 8.66. The van der Waals surface area contributed by atoms with Gasteiger partial charge in [-0.3, -0.25) is 0 Å². The smallest absolute Gasteiger partial charge is 0.120 e. The molecule has 0 saturated carbocycles. The number of benzene rings is 3. The Bertz CT molecular complexity index is 1740. The molecule has 6 aromatic rings. The largest absolute Gasteiger partial charge is 0.501 e. The van der Waals surface area contributed by atoms with Crippen LogP contribution in [0.3, 0.4) is 0 Å². The summed E-state index contributed by atoms with van der Waals surface area (Å²) in [4.78, 5) is 8.92. The van der Waals surface area contributed by atoms with Crippen molar-refractivity contribution in [3.05, 3.63) is 114 Å². The van der Waals surface area contributed by atoms with Gasteiger partial charge in [-0.05, 0) is 50.4 Å². The zero-order valence-electron chi connectivity index (χ0n) is 23.2. The van der Waals surface area contributed by atoms with Crippen molar-refractivity contribution in [1.82, 2.24) is 9.97 Å². The van der Waals surface area contributed by atoms with Crippen molar-refractivity contribution in [2.45, 2.75) is 40.4 Å². The van der Waals surface area contributed by atoms with Crippen LogP contribution in [-0.4, -0.2) is 18.0 Å². The number of nitrogens with zero attached hydrogens (tertiary/aromatic N) is 2. The molecule has 0 bridgehead atoms. The molecule has 0 unspecified atom stereocenters. The summed E-state index contributed by atoms with van der Waals surface area (Å²) in [5.41, 5.74) is 9.46. The molecular weight excluding hydrogens is 673 g/mol. The maximum absolute atomic E-state index is 6.32. The van der Waals surface area contributed by atoms with Gasteiger partial charge in [0.05, 0.1) is 5.58 Å². The van der Waals surface area contributed by atoms with Gasteiger partial charge in [0.25, 0.3) is 0 Å². The average molecular weight is 705 g/mol. The first-order valence-corrected chi connectivity index (χ1v) is 16.4. The van der Waals surface area contributed by atoms with Gasteiger partial charge in [-0.15, -0.1) is 53.2 Å². The van der Waals surface area contributed by atoms with E-state index in [-0.39, 0.29) is 20.1 Å². The molecule has 39 heavy (non-hydrogen) atoms. The number of rotatable bonds is 3. The van der Waals surface area contributed by atoms with Crippen molar-refractivity contribution in [3.8, 4) is 22.5 Å². The molecule has 5 heteroatoms. The molecule has 3 heterocycles. The molecule has 0 aliphatic carbocycles. The molecule has 199 valence electrons. The summed E-state index contributed by atoms with van der Waals surface area (Å²) in [6.07, 6.45) is 3.69. The first kappa shape index (κ1) is 28.6. The number of furan rings is 1. The van der Waals surface area contributed by atoms with Gasteiger partial charge in [-0.1, -0.05) is 71.5 Å². The van der Waals surface area contributed by atoms with Gasteiger partial charge in [-0.2, -0.15) is 0 Å². The standard InChI is InChI=1S/C22H22NOSi.C12H10N.Ir/c1-14-12-13-23-21(15(14)2)17-10-11-19(25(3,4)5)20-16-8-6-7-9-18(16)24-22(17)20;1-10-7-8-13-12(9-10)11-5-3-2-4-6-11;/h6-9,11-13H,1-5H3;2-5,7-9H,1H3;/q2*-1;. The number of hydrogen-bond acceptors (Lipinski definition) is 3. The normalized spacial score (nSPS) is 11.1. The van der Waals surface area contributed by atoms with E-state index in [1.54, 1.807) is 0 Å². The maximum Gasteiger partial charge on any atom is 0.120 e. The molecule has 0 N–H and O–H groups in total. The molecule has 1 radical (unpaired) electrons. The summed E-state index contributed by atoms with van der Waals surface area (Å²) in [7, 11) is -1.54. The molecule has 3 nitrogen and oxygen atoms in total. The first-order chi connectivity index (χ1) is 18.2. The number of pyridine rings is 2. The molecule has 0 aliphatic heterocycles. The summed E-state index contributed by atoms with van der Waals surface area (Å²) in [6, 6.07) is 31.1. The van der Waals surface area contributed by atoms with Crippen LogP contribution >= 0.6 is 0 Å². The van der Waals surface area contributed by atoms with Crippen molar-refractivity contribution >= 4 is 35.2 Å². The van der Waals surface area contributed by atoms with E-state index < -0.39 is 8.07 Å². The second-order valence-corrected chi connectivity index (χ2v) is 15.8. The second-order valence-electron chi connectivity index (χ2n) is 10.7. The Morgan fingerprint density at radius 1 is 0.821 bits per heavy atom. The number of fused-ring (bicyclic) bond motifs is 3. The topological polar surface area (TPSA) is 38.9 Å². The third-order valence-corrected chi connectivity index (χ3v) is 8.88. The van der Waals surface area contributed by atoms with E-state index in [1.807, 2.05) is 60.9 Å². The van der Waals surface area contributed by atoms with Crippen LogP contribution in [0.25, 0.3) is 44.5 Å². The van der Waals surface area contributed by atoms with Crippen molar-refractivity contribution < 1.29 is 24.5 Å². The van der Waals surface area contributed by atoms with E-state index in [0.717, 1.165) is 33.7 Å². The van der Waals surface area contributed by atoms with E-state index in [2.05, 4.69) is 86.8 Å². The van der Waals surface area contributed by atoms with Crippen LogP contribution in [0.15, 0.2) is 89.6 Å². The predicted molar refractivity (Wildman–Crippen MR) is 161 cm³/mol. The second kappa shape index (κ2) is 11.8. The third-order valence-electron chi connectivity index (χ3n) is 6.87. The number of aryl methyl sites for hydroxylation is 2. The van der Waals surface area contributed by atoms with Crippen molar-refractivity contribution in [2.24, 2.45) is 0 Å². The van der Waals surface area contributed by atoms with Crippen LogP contribution < -0.4 is 5.19 Å². The van der Waals surface area contributed by atoms with Crippen molar-refractivity contribution in [2.75, 3.05) is 0 Å². The molecule has 0 amide bonds. The summed E-state index contributed by atoms with van der Waals surface area (Å²) in [5, 5.41) is 3.82. The number of hydrogen-bond donors (Lipinski definition) is 0. The molecule has 6 rings (SSSR count). The fourth-order valence-electron chi connectivity index (χ4n) is 4.66. The predicted octanol–water partition coefficient (Wildman–Crippen LogP) is 8.46. The minimum atomic E-state index is -1.54. The Hall–Kier alpha value is -3.37. The van der Waals surface area contributed by atoms with Gasteiger partial charge >= 0.3 is 0 Å². The van der Waals surface area contributed by atoms with E-state index in [1.165, 1.54) is 32.6 Å².